The van der Waals surface area contributed by atoms with Crippen LogP contribution in [0.15, 0.2) is 295 Å². The zero-order valence-electron chi connectivity index (χ0n) is 98.2. The number of benzene rings is 4. The van der Waals surface area contributed by atoms with E-state index < -0.39 is 0 Å². The summed E-state index contributed by atoms with van der Waals surface area (Å²) in [5.41, 5.74) is 18.4. The van der Waals surface area contributed by atoms with Crippen molar-refractivity contribution in [1.82, 2.24) is 15.0 Å². The topological polar surface area (TPSA) is 75.6 Å². The largest absolute Gasteiger partial charge is 0.371 e. The Morgan fingerprint density at radius 1 is 0.302 bits per heavy atom. The van der Waals surface area contributed by atoms with Gasteiger partial charge in [-0.2, -0.15) is 0 Å². The summed E-state index contributed by atoms with van der Waals surface area (Å²) in [5.74, 6) is 8.78. The first-order valence-electron chi connectivity index (χ1n) is 55.6. The Kier molecular flexibility index (Phi) is 96.0. The zero-order chi connectivity index (χ0) is 107. The van der Waals surface area contributed by atoms with Crippen LogP contribution in [-0.4, -0.2) is 65.8 Å². The molecule has 0 bridgehead atoms. The Labute approximate surface area is 863 Å². The fourth-order valence-corrected chi connectivity index (χ4v) is 14.2. The maximum absolute atomic E-state index is 5.73. The molecule has 6 atom stereocenters. The Hall–Kier alpha value is -8.43. The number of nitrogens with zero attached hydrogens (tertiary/aromatic N) is 3. The van der Waals surface area contributed by atoms with Gasteiger partial charge in [0.25, 0.3) is 0 Å². The maximum atomic E-state index is 5.73. The predicted octanol–water partition coefficient (Wildman–Crippen LogP) is 41.2. The summed E-state index contributed by atoms with van der Waals surface area (Å²) in [6.45, 7) is 95.7. The lowest BCUT2D eigenvalue weighted by Crippen LogP contribution is -2.37. The van der Waals surface area contributed by atoms with Crippen molar-refractivity contribution < 1.29 is 18.9 Å². The first-order valence-corrected chi connectivity index (χ1v) is 55.6. The van der Waals surface area contributed by atoms with Gasteiger partial charge >= 0.3 is 0 Å². The molecule has 3 aromatic heterocycles. The lowest BCUT2D eigenvalue weighted by molar-refractivity contribution is -0.102. The molecule has 2 saturated heterocycles. The third-order valence-electron chi connectivity index (χ3n) is 22.2. The predicted molar refractivity (Wildman–Crippen MR) is 630 cm³/mol. The molecule has 784 valence electrons. The highest BCUT2D eigenvalue weighted by molar-refractivity contribution is 5.83. The van der Waals surface area contributed by atoms with Crippen LogP contribution in [0.25, 0.3) is 16.8 Å². The summed E-state index contributed by atoms with van der Waals surface area (Å²) in [5, 5.41) is 2.67. The summed E-state index contributed by atoms with van der Waals surface area (Å²) in [7, 11) is 0. The lowest BCUT2D eigenvalue weighted by atomic mass is 9.74. The van der Waals surface area contributed by atoms with Gasteiger partial charge in [-0.15, -0.1) is 0 Å². The van der Waals surface area contributed by atoms with Crippen molar-refractivity contribution in [2.24, 2.45) is 47.3 Å². The van der Waals surface area contributed by atoms with Gasteiger partial charge in [0.2, 0.25) is 0 Å². The number of aromatic nitrogens is 3. The van der Waals surface area contributed by atoms with E-state index in [-0.39, 0.29) is 24.4 Å². The second-order valence-electron chi connectivity index (χ2n) is 35.2. The van der Waals surface area contributed by atoms with Crippen LogP contribution in [0.3, 0.4) is 0 Å². The second kappa shape index (κ2) is 94.5. The Morgan fingerprint density at radius 2 is 0.741 bits per heavy atom. The molecule has 0 amide bonds. The molecule has 1 saturated carbocycles. The van der Waals surface area contributed by atoms with E-state index in [1.807, 2.05) is 220 Å². The molecule has 3 fully saturated rings. The van der Waals surface area contributed by atoms with Crippen LogP contribution in [0.5, 0.6) is 0 Å². The van der Waals surface area contributed by atoms with E-state index in [9.17, 15) is 0 Å². The number of hydrogen-bond acceptors (Lipinski definition) is 7. The Bertz CT molecular complexity index is 4040. The first kappa shape index (κ1) is 141. The van der Waals surface area contributed by atoms with Crippen LogP contribution < -0.4 is 0 Å². The number of pyridine rings is 3. The van der Waals surface area contributed by atoms with Crippen LogP contribution in [0.2, 0.25) is 0 Å². The van der Waals surface area contributed by atoms with E-state index in [2.05, 4.69) is 362 Å². The fourth-order valence-electron chi connectivity index (χ4n) is 14.2. The standard InChI is InChI=1S/C13H20.C13H14.C12H18O2.C12H14.C11H16O2.C9H12.3C8H11N.2C8H12.11C2H6/c2*1-10(2)12-8-7-11-5-3-4-6-13(11)9-12;1-9(2)10-4-5-11-12(8-10)14-7-3-6-13-11;1-9(2)12-7-10-5-3-4-6-11(10)8-12;1-8(2)9-3-4-10-11(7-9)13-6-5-12-10;1-8(2)9-6-4-3-5-7-9;1-7(2)8-3-5-9-6-4-8;1-7(2)8-4-3-5-9-6-8;1-7(2)8-5-3-4-6-9-8;2*1-7(2)8-5-3-4-6-8;11*1-2/h7-11,13H,3-6H2,1-2H3;3-10H,1-2H3;4-5,8-9,11-12H,3,6-7H2,1-2H3;3-7,9H,8H2,1-2H3;3-4,7-8,10-11H,5-6H2,1-2H3;3-8H,1-2H3;3*3-7H,1-2H3;3,5-7H,4H2,1-2H3;3-5,7H,6H2,1-2H3;11*1-2H3. The third-order valence-corrected chi connectivity index (χ3v) is 22.2. The molecule has 2 aliphatic heterocycles. The van der Waals surface area contributed by atoms with Gasteiger partial charge in [-0.1, -0.05) is 523 Å². The third kappa shape index (κ3) is 64.0. The van der Waals surface area contributed by atoms with Crippen molar-refractivity contribution in [3.63, 3.8) is 0 Å². The summed E-state index contributed by atoms with van der Waals surface area (Å²) in [6, 6.07) is 48.5. The van der Waals surface area contributed by atoms with Gasteiger partial charge in [0.1, 0.15) is 24.4 Å². The molecule has 0 spiro atoms. The average Bonchev–Trinajstić information content (AvgIpc) is 1.80. The Morgan fingerprint density at radius 3 is 1.14 bits per heavy atom. The SMILES string of the molecule is CC.CC.CC.CC.CC.CC.CC.CC.CC.CC.CC.CC(C)C1=CC2CCCCC2C=C1.CC(C)C1=CC2OCCCOC2C=C1.CC(C)C1=CC2OCCOC2C=C1.CC(C)C1=CC=CC1.CC(C)C1=CCC=C1.CC(C)C1=Cc2ccccc2C1.CC(C)c1ccc2ccccc2c1.CC(C)c1ccccc1.CC(C)c1ccccn1.CC(C)c1cccnc1.CC(C)c1ccncc1. The number of hydrogen-bond donors (Lipinski definition) is 0. The van der Waals surface area contributed by atoms with Crippen molar-refractivity contribution in [2.75, 3.05) is 26.4 Å². The van der Waals surface area contributed by atoms with Gasteiger partial charge < -0.3 is 18.9 Å². The number of fused-ring (bicyclic) bond motifs is 5. The molecule has 0 radical (unpaired) electrons. The molecular formula is C132H217N3O4. The first-order chi connectivity index (χ1) is 67.2. The normalized spacial score (nSPS) is 16.9. The molecule has 4 aromatic carbocycles. The highest BCUT2D eigenvalue weighted by Gasteiger charge is 2.28. The lowest BCUT2D eigenvalue weighted by Gasteiger charge is -2.31. The molecule has 7 nitrogen and oxygen atoms in total. The minimum atomic E-state index is 0.139. The minimum absolute atomic E-state index is 0.139. The van der Waals surface area contributed by atoms with Crippen molar-refractivity contribution in [3.05, 3.63) is 334 Å². The quantitative estimate of drug-likeness (QED) is 0.128. The van der Waals surface area contributed by atoms with E-state index >= 15 is 0 Å². The molecule has 7 aliphatic carbocycles. The highest BCUT2D eigenvalue weighted by atomic mass is 16.6. The maximum Gasteiger partial charge on any atom is 0.106 e. The van der Waals surface area contributed by atoms with Gasteiger partial charge in [-0.3, -0.25) is 15.0 Å². The molecular weight excluding hydrogens is 1690 g/mol. The van der Waals surface area contributed by atoms with E-state index in [1.54, 1.807) is 22.9 Å². The molecule has 5 heterocycles. The summed E-state index contributed by atoms with van der Waals surface area (Å²) in [4.78, 5) is 12.1. The molecule has 0 N–H and O–H groups in total. The molecule has 6 unspecified atom stereocenters. The number of ether oxygens (including phenoxy) is 4. The van der Waals surface area contributed by atoms with Crippen LogP contribution in [-0.2, 0) is 25.4 Å². The average molecular weight is 1910 g/mol. The summed E-state index contributed by atoms with van der Waals surface area (Å²) in [6.07, 6.45) is 55.9. The molecule has 9 aliphatic rings. The minimum Gasteiger partial charge on any atom is -0.371 e. The van der Waals surface area contributed by atoms with Gasteiger partial charge in [0.15, 0.2) is 0 Å². The molecule has 139 heavy (non-hydrogen) atoms. The summed E-state index contributed by atoms with van der Waals surface area (Å²) >= 11 is 0. The van der Waals surface area contributed by atoms with Crippen molar-refractivity contribution in [3.8, 4) is 0 Å². The van der Waals surface area contributed by atoms with E-state index in [0.717, 1.165) is 69.1 Å². The van der Waals surface area contributed by atoms with Gasteiger partial charge in [0, 0.05) is 49.9 Å². The van der Waals surface area contributed by atoms with E-state index in [4.69, 9.17) is 18.9 Å². The second-order valence-corrected chi connectivity index (χ2v) is 35.2. The smallest absolute Gasteiger partial charge is 0.106 e. The van der Waals surface area contributed by atoms with E-state index in [1.165, 1.54) is 93.0 Å². The monoisotopic (exact) mass is 1910 g/mol. The molecule has 7 aromatic rings. The van der Waals surface area contributed by atoms with Gasteiger partial charge in [-0.25, -0.2) is 0 Å². The Balaban J connectivity index is -0.000000344. The van der Waals surface area contributed by atoms with Crippen LogP contribution in [0.4, 0.5) is 0 Å². The van der Waals surface area contributed by atoms with Gasteiger partial charge in [-0.05, 0) is 224 Å². The zero-order valence-corrected chi connectivity index (χ0v) is 98.2. The number of rotatable bonds is 11. The van der Waals surface area contributed by atoms with Gasteiger partial charge in [0.05, 0.1) is 13.2 Å². The van der Waals surface area contributed by atoms with Crippen molar-refractivity contribution in [1.29, 1.82) is 0 Å². The highest BCUT2D eigenvalue weighted by Crippen LogP contribution is 2.37. The molecule has 16 rings (SSSR count). The molecule has 7 heteroatoms. The van der Waals surface area contributed by atoms with Crippen molar-refractivity contribution in [2.45, 2.75) is 410 Å². The van der Waals surface area contributed by atoms with Crippen LogP contribution in [0, 0.1) is 47.3 Å². The van der Waals surface area contributed by atoms with Crippen LogP contribution >= 0.6 is 0 Å². The van der Waals surface area contributed by atoms with Crippen LogP contribution in [0.1, 0.15) is 418 Å². The fraction of sp³-hybridized carbons (Fsp3) is 0.553. The number of allylic oxidation sites excluding steroid dienone is 17. The van der Waals surface area contributed by atoms with E-state index in [0.29, 0.717) is 59.2 Å². The van der Waals surface area contributed by atoms with Crippen molar-refractivity contribution >= 4 is 16.8 Å². The summed E-state index contributed by atoms with van der Waals surface area (Å²) < 4.78 is 22.6.